The number of benzene rings is 1. The molecule has 0 amide bonds. The number of aromatic nitrogens is 4. The van der Waals surface area contributed by atoms with E-state index in [1.807, 2.05) is 47.4 Å². The fourth-order valence-electron chi connectivity index (χ4n) is 2.90. The molecular formula is C19H19N5O. The summed E-state index contributed by atoms with van der Waals surface area (Å²) in [6.07, 6.45) is 7.40. The highest BCUT2D eigenvalue weighted by atomic mass is 16.5. The lowest BCUT2D eigenvalue weighted by Crippen LogP contribution is -2.22. The first-order valence-corrected chi connectivity index (χ1v) is 8.20. The summed E-state index contributed by atoms with van der Waals surface area (Å²) in [6, 6.07) is 12.2. The molecule has 4 aromatic rings. The van der Waals surface area contributed by atoms with Crippen molar-refractivity contribution in [3.8, 4) is 11.1 Å². The first-order chi connectivity index (χ1) is 12.2. The summed E-state index contributed by atoms with van der Waals surface area (Å²) >= 11 is 0. The zero-order valence-electron chi connectivity index (χ0n) is 14.2. The number of fused-ring (bicyclic) bond motifs is 1. The van der Waals surface area contributed by atoms with Gasteiger partial charge in [0.25, 0.3) is 0 Å². The molecule has 0 spiro atoms. The van der Waals surface area contributed by atoms with Gasteiger partial charge in [-0.05, 0) is 19.5 Å². The van der Waals surface area contributed by atoms with Gasteiger partial charge in [-0.15, -0.1) is 0 Å². The molecule has 0 saturated heterocycles. The maximum Gasteiger partial charge on any atom is 0.162 e. The SMILES string of the molecule is C[C@@H](c1ccon1)N(C)Cc1cnc2c(-c3ccccc3)cnn2c1. The van der Waals surface area contributed by atoms with Crippen molar-refractivity contribution >= 4 is 5.65 Å². The molecule has 6 heteroatoms. The summed E-state index contributed by atoms with van der Waals surface area (Å²) in [5.41, 5.74) is 5.03. The van der Waals surface area contributed by atoms with E-state index >= 15 is 0 Å². The molecule has 0 aliphatic rings. The van der Waals surface area contributed by atoms with Gasteiger partial charge < -0.3 is 4.52 Å². The molecular weight excluding hydrogens is 314 g/mol. The molecule has 0 unspecified atom stereocenters. The van der Waals surface area contributed by atoms with Crippen LogP contribution in [0.25, 0.3) is 16.8 Å². The van der Waals surface area contributed by atoms with E-state index < -0.39 is 0 Å². The lowest BCUT2D eigenvalue weighted by molar-refractivity contribution is 0.240. The molecule has 3 aromatic heterocycles. The monoisotopic (exact) mass is 333 g/mol. The van der Waals surface area contributed by atoms with E-state index in [1.54, 1.807) is 6.26 Å². The summed E-state index contributed by atoms with van der Waals surface area (Å²) in [4.78, 5) is 6.83. The summed E-state index contributed by atoms with van der Waals surface area (Å²) < 4.78 is 6.77. The highest BCUT2D eigenvalue weighted by molar-refractivity contribution is 5.76. The van der Waals surface area contributed by atoms with E-state index in [4.69, 9.17) is 4.52 Å². The minimum atomic E-state index is 0.159. The molecule has 0 bridgehead atoms. The second-order valence-corrected chi connectivity index (χ2v) is 6.17. The van der Waals surface area contributed by atoms with Crippen LogP contribution >= 0.6 is 0 Å². The van der Waals surface area contributed by atoms with Crippen molar-refractivity contribution in [3.63, 3.8) is 0 Å². The Morgan fingerprint density at radius 2 is 2.00 bits per heavy atom. The zero-order valence-corrected chi connectivity index (χ0v) is 14.2. The average Bonchev–Trinajstić information content (AvgIpc) is 3.31. The van der Waals surface area contributed by atoms with Crippen LogP contribution in [0.5, 0.6) is 0 Å². The van der Waals surface area contributed by atoms with Gasteiger partial charge in [0.05, 0.1) is 12.2 Å². The van der Waals surface area contributed by atoms with Gasteiger partial charge in [-0.2, -0.15) is 5.10 Å². The van der Waals surface area contributed by atoms with E-state index in [9.17, 15) is 0 Å². The molecule has 0 aliphatic carbocycles. The van der Waals surface area contributed by atoms with Crippen LogP contribution in [0, 0.1) is 0 Å². The Balaban J connectivity index is 1.58. The highest BCUT2D eigenvalue weighted by Gasteiger charge is 2.15. The summed E-state index contributed by atoms with van der Waals surface area (Å²) in [7, 11) is 2.06. The van der Waals surface area contributed by atoms with Crippen molar-refractivity contribution in [3.05, 3.63) is 72.5 Å². The average molecular weight is 333 g/mol. The Morgan fingerprint density at radius 1 is 1.16 bits per heavy atom. The lowest BCUT2D eigenvalue weighted by Gasteiger charge is -2.22. The van der Waals surface area contributed by atoms with Gasteiger partial charge in [-0.3, -0.25) is 4.90 Å². The van der Waals surface area contributed by atoms with E-state index in [0.717, 1.165) is 34.6 Å². The zero-order chi connectivity index (χ0) is 17.2. The van der Waals surface area contributed by atoms with E-state index in [1.165, 1.54) is 0 Å². The van der Waals surface area contributed by atoms with Crippen LogP contribution < -0.4 is 0 Å². The molecule has 25 heavy (non-hydrogen) atoms. The Kier molecular flexibility index (Phi) is 4.03. The number of hydrogen-bond donors (Lipinski definition) is 0. The van der Waals surface area contributed by atoms with Crippen LogP contribution in [0.15, 0.2) is 65.8 Å². The van der Waals surface area contributed by atoms with Crippen molar-refractivity contribution in [2.45, 2.75) is 19.5 Å². The smallest absolute Gasteiger partial charge is 0.162 e. The number of nitrogens with zero attached hydrogens (tertiary/aromatic N) is 5. The maximum absolute atomic E-state index is 4.94. The van der Waals surface area contributed by atoms with Gasteiger partial charge in [0.15, 0.2) is 5.65 Å². The summed E-state index contributed by atoms with van der Waals surface area (Å²) in [5.74, 6) is 0. The Hall–Kier alpha value is -2.99. The molecule has 126 valence electrons. The topological polar surface area (TPSA) is 59.5 Å². The predicted octanol–water partition coefficient (Wildman–Crippen LogP) is 3.58. The number of rotatable bonds is 5. The van der Waals surface area contributed by atoms with E-state index in [2.05, 4.69) is 46.2 Å². The minimum Gasteiger partial charge on any atom is -0.364 e. The van der Waals surface area contributed by atoms with Crippen LogP contribution in [0.4, 0.5) is 0 Å². The van der Waals surface area contributed by atoms with Crippen LogP contribution in [-0.4, -0.2) is 31.7 Å². The Bertz CT molecular complexity index is 962. The lowest BCUT2D eigenvalue weighted by atomic mass is 10.1. The maximum atomic E-state index is 4.94. The summed E-state index contributed by atoms with van der Waals surface area (Å²) in [6.45, 7) is 2.85. The largest absolute Gasteiger partial charge is 0.364 e. The first kappa shape index (κ1) is 15.5. The fraction of sp³-hybridized carbons (Fsp3) is 0.211. The molecule has 1 aromatic carbocycles. The second kappa shape index (κ2) is 6.49. The normalized spacial score (nSPS) is 12.8. The van der Waals surface area contributed by atoms with Crippen LogP contribution in [-0.2, 0) is 6.54 Å². The molecule has 0 aliphatic heterocycles. The number of hydrogen-bond acceptors (Lipinski definition) is 5. The predicted molar refractivity (Wildman–Crippen MR) is 94.8 cm³/mol. The van der Waals surface area contributed by atoms with Crippen LogP contribution in [0.3, 0.4) is 0 Å². The molecule has 0 saturated carbocycles. The molecule has 3 heterocycles. The molecule has 0 radical (unpaired) electrons. The molecule has 1 atom stereocenters. The molecule has 4 rings (SSSR count). The second-order valence-electron chi connectivity index (χ2n) is 6.17. The third-order valence-electron chi connectivity index (χ3n) is 4.47. The molecule has 0 N–H and O–H groups in total. The molecule has 6 nitrogen and oxygen atoms in total. The van der Waals surface area contributed by atoms with Crippen molar-refractivity contribution in [2.75, 3.05) is 7.05 Å². The van der Waals surface area contributed by atoms with E-state index in [0.29, 0.717) is 0 Å². The minimum absolute atomic E-state index is 0.159. The van der Waals surface area contributed by atoms with E-state index in [-0.39, 0.29) is 6.04 Å². The van der Waals surface area contributed by atoms with Gasteiger partial charge in [0.1, 0.15) is 12.0 Å². The first-order valence-electron chi connectivity index (χ1n) is 8.20. The third-order valence-corrected chi connectivity index (χ3v) is 4.47. The summed E-state index contributed by atoms with van der Waals surface area (Å²) in [5, 5.41) is 8.48. The fourth-order valence-corrected chi connectivity index (χ4v) is 2.90. The van der Waals surface area contributed by atoms with Crippen molar-refractivity contribution in [1.29, 1.82) is 0 Å². The third kappa shape index (κ3) is 3.04. The van der Waals surface area contributed by atoms with Gasteiger partial charge in [-0.1, -0.05) is 35.5 Å². The molecule has 0 fully saturated rings. The standard InChI is InChI=1S/C19H19N5O/c1-14(18-8-9-25-22-18)23(2)12-15-10-20-19-17(11-21-24(19)13-15)16-6-4-3-5-7-16/h3-11,13-14H,12H2,1-2H3/t14-/m0/s1. The van der Waals surface area contributed by atoms with Crippen molar-refractivity contribution in [1.82, 2.24) is 24.7 Å². The van der Waals surface area contributed by atoms with Crippen molar-refractivity contribution < 1.29 is 4.52 Å². The van der Waals surface area contributed by atoms with Crippen LogP contribution in [0.2, 0.25) is 0 Å². The van der Waals surface area contributed by atoms with Crippen molar-refractivity contribution in [2.24, 2.45) is 0 Å². The quantitative estimate of drug-likeness (QED) is 0.559. The van der Waals surface area contributed by atoms with Gasteiger partial charge >= 0.3 is 0 Å². The van der Waals surface area contributed by atoms with Gasteiger partial charge in [0.2, 0.25) is 0 Å². The van der Waals surface area contributed by atoms with Gasteiger partial charge in [-0.25, -0.2) is 9.50 Å². The Labute approximate surface area is 145 Å². The highest BCUT2D eigenvalue weighted by Crippen LogP contribution is 2.23. The Morgan fingerprint density at radius 3 is 2.76 bits per heavy atom. The van der Waals surface area contributed by atoms with Gasteiger partial charge in [0, 0.05) is 36.1 Å². The van der Waals surface area contributed by atoms with Crippen LogP contribution in [0.1, 0.15) is 24.2 Å².